The first-order valence-corrected chi connectivity index (χ1v) is 29.9. The standard InChI is InChI=1S/4C15H30O2.C/c4*1-2-3-4-5-6-7-8-9-10-11-12-13-14-15(16)17;/h4*2-14H2,1H3,(H,16,17);/q;;;;+4/p-4. The molecule has 0 bridgehead atoms. The fourth-order valence-electron chi connectivity index (χ4n) is 8.44. The summed E-state index contributed by atoms with van der Waals surface area (Å²) in [7, 11) is 0. The minimum absolute atomic E-state index is 0. The van der Waals surface area contributed by atoms with Crippen LogP contribution < -0.4 is 20.4 Å². The van der Waals surface area contributed by atoms with Crippen LogP contribution in [0, 0.1) is 7.43 Å². The Hall–Kier alpha value is -2.12. The van der Waals surface area contributed by atoms with Gasteiger partial charge in [-0.25, -0.2) is 0 Å². The minimum Gasteiger partial charge on any atom is -0.550 e. The molecule has 0 aliphatic heterocycles. The summed E-state index contributed by atoms with van der Waals surface area (Å²) >= 11 is 0. The Morgan fingerprint density at radius 2 is 0.275 bits per heavy atom. The van der Waals surface area contributed by atoms with Crippen LogP contribution in [0.3, 0.4) is 0 Å². The van der Waals surface area contributed by atoms with Gasteiger partial charge in [0.2, 0.25) is 0 Å². The molecule has 0 unspecified atom stereocenters. The van der Waals surface area contributed by atoms with Gasteiger partial charge in [-0.05, 0) is 51.4 Å². The molecule has 0 heterocycles. The SMILES string of the molecule is CCCCCCCCCCCCCCC(=O)[O-].CCCCCCCCCCCCCCC(=O)[O-].CCCCCCCCCCCCCCC(=O)[O-].CCCCCCCCCCCCCCC(=O)[O-].[C+4]. The molecule has 0 fully saturated rings. The van der Waals surface area contributed by atoms with Gasteiger partial charge < -0.3 is 39.6 Å². The van der Waals surface area contributed by atoms with Gasteiger partial charge in [0.15, 0.2) is 0 Å². The zero-order valence-corrected chi connectivity index (χ0v) is 46.5. The predicted octanol–water partition coefficient (Wildman–Crippen LogP) is 15.4. The second kappa shape index (κ2) is 72.4. The van der Waals surface area contributed by atoms with E-state index in [9.17, 15) is 39.6 Å². The van der Waals surface area contributed by atoms with Gasteiger partial charge in [0, 0.05) is 23.9 Å². The molecule has 0 spiro atoms. The molecular weight excluding hydrogens is 861 g/mol. The Kier molecular flexibility index (Phi) is 79.6. The summed E-state index contributed by atoms with van der Waals surface area (Å²) in [6.45, 7) is 9.00. The first-order chi connectivity index (χ1) is 33.1. The second-order valence-corrected chi connectivity index (χ2v) is 20.0. The molecular formula is C61H116O8. The van der Waals surface area contributed by atoms with Gasteiger partial charge in [-0.1, -0.05) is 310 Å². The number of carbonyl (C=O) groups is 4. The van der Waals surface area contributed by atoms with E-state index in [1.165, 1.54) is 257 Å². The van der Waals surface area contributed by atoms with E-state index in [1.807, 2.05) is 0 Å². The fraction of sp³-hybridized carbons (Fsp3) is 0.918. The van der Waals surface area contributed by atoms with Crippen LogP contribution in [-0.2, 0) is 19.2 Å². The predicted molar refractivity (Wildman–Crippen MR) is 286 cm³/mol. The van der Waals surface area contributed by atoms with Crippen LogP contribution in [0.1, 0.15) is 362 Å². The minimum atomic E-state index is -0.905. The maximum Gasteiger partial charge on any atom is 4.00 e. The van der Waals surface area contributed by atoms with Gasteiger partial charge in [-0.15, -0.1) is 0 Å². The molecule has 0 aliphatic carbocycles. The third kappa shape index (κ3) is 92.6. The van der Waals surface area contributed by atoms with Crippen LogP contribution in [-0.4, -0.2) is 23.9 Å². The summed E-state index contributed by atoms with van der Waals surface area (Å²) in [5.41, 5.74) is 0. The van der Waals surface area contributed by atoms with E-state index >= 15 is 0 Å². The van der Waals surface area contributed by atoms with Gasteiger partial charge >= 0.3 is 7.43 Å². The molecule has 8 heteroatoms. The van der Waals surface area contributed by atoms with Crippen molar-refractivity contribution in [3.05, 3.63) is 7.43 Å². The average molecular weight is 978 g/mol. The molecule has 0 N–H and O–H groups in total. The monoisotopic (exact) mass is 977 g/mol. The normalized spacial score (nSPS) is 10.5. The number of carbonyl (C=O) groups excluding carboxylic acids is 4. The van der Waals surface area contributed by atoms with E-state index in [4.69, 9.17) is 0 Å². The Morgan fingerprint density at radius 3 is 0.362 bits per heavy atom. The Labute approximate surface area is 430 Å². The van der Waals surface area contributed by atoms with Crippen molar-refractivity contribution >= 4 is 23.9 Å². The molecule has 0 aromatic rings. The van der Waals surface area contributed by atoms with Crippen molar-refractivity contribution in [2.24, 2.45) is 0 Å². The molecule has 0 aromatic carbocycles. The smallest absolute Gasteiger partial charge is 0.550 e. The topological polar surface area (TPSA) is 161 Å². The largest absolute Gasteiger partial charge is 4.00 e. The average Bonchev–Trinajstić information content (AvgIpc) is 3.30. The van der Waals surface area contributed by atoms with E-state index in [1.54, 1.807) is 0 Å². The van der Waals surface area contributed by atoms with E-state index in [-0.39, 0.29) is 33.1 Å². The molecule has 0 aromatic heterocycles. The van der Waals surface area contributed by atoms with Crippen molar-refractivity contribution in [2.45, 2.75) is 362 Å². The summed E-state index contributed by atoms with van der Waals surface area (Å²) in [5.74, 6) is -3.62. The van der Waals surface area contributed by atoms with Crippen molar-refractivity contribution in [2.75, 3.05) is 0 Å². The fourth-order valence-corrected chi connectivity index (χ4v) is 8.44. The van der Waals surface area contributed by atoms with Crippen molar-refractivity contribution in [3.8, 4) is 0 Å². The number of aliphatic carboxylic acids is 4. The van der Waals surface area contributed by atoms with Crippen molar-refractivity contribution in [1.29, 1.82) is 0 Å². The third-order valence-corrected chi connectivity index (χ3v) is 12.9. The van der Waals surface area contributed by atoms with Gasteiger partial charge in [0.1, 0.15) is 0 Å². The Bertz CT molecular complexity index is 817. The Morgan fingerprint density at radius 1 is 0.188 bits per heavy atom. The molecule has 408 valence electrons. The van der Waals surface area contributed by atoms with Crippen LogP contribution in [0.5, 0.6) is 0 Å². The van der Waals surface area contributed by atoms with Gasteiger partial charge in [-0.3, -0.25) is 0 Å². The second-order valence-electron chi connectivity index (χ2n) is 20.0. The third-order valence-electron chi connectivity index (χ3n) is 12.9. The quantitative estimate of drug-likeness (QED) is 0.0544. The maximum atomic E-state index is 10.2. The molecule has 0 amide bonds. The van der Waals surface area contributed by atoms with Crippen LogP contribution >= 0.6 is 0 Å². The maximum absolute atomic E-state index is 10.2. The van der Waals surface area contributed by atoms with E-state index in [0.29, 0.717) is 0 Å². The summed E-state index contributed by atoms with van der Waals surface area (Å²) in [4.78, 5) is 40.7. The van der Waals surface area contributed by atoms with Crippen LogP contribution in [0.25, 0.3) is 0 Å². The molecule has 0 saturated heterocycles. The number of rotatable bonds is 52. The molecule has 69 heavy (non-hydrogen) atoms. The number of hydrogen-bond acceptors (Lipinski definition) is 8. The van der Waals surface area contributed by atoms with E-state index in [2.05, 4.69) is 27.7 Å². The Balaban J connectivity index is -0.000000263. The molecule has 0 radical (unpaired) electrons. The summed E-state index contributed by atoms with van der Waals surface area (Å²) in [6.07, 6.45) is 61.9. The number of hydrogen-bond donors (Lipinski definition) is 0. The van der Waals surface area contributed by atoms with Crippen molar-refractivity contribution in [1.82, 2.24) is 0 Å². The van der Waals surface area contributed by atoms with Gasteiger partial charge in [0.05, 0.1) is 0 Å². The molecule has 0 aliphatic rings. The van der Waals surface area contributed by atoms with Crippen LogP contribution in [0.2, 0.25) is 0 Å². The molecule has 0 saturated carbocycles. The summed E-state index contributed by atoms with van der Waals surface area (Å²) in [6, 6.07) is 0. The summed E-state index contributed by atoms with van der Waals surface area (Å²) in [5, 5.41) is 40.7. The zero-order valence-electron chi connectivity index (χ0n) is 46.5. The first-order valence-electron chi connectivity index (χ1n) is 29.9. The molecule has 0 rings (SSSR count). The zero-order chi connectivity index (χ0) is 51.1. The van der Waals surface area contributed by atoms with E-state index in [0.717, 1.165) is 51.4 Å². The van der Waals surface area contributed by atoms with Crippen molar-refractivity contribution in [3.63, 3.8) is 0 Å². The summed E-state index contributed by atoms with van der Waals surface area (Å²) < 4.78 is 0. The van der Waals surface area contributed by atoms with Gasteiger partial charge in [0.25, 0.3) is 0 Å². The number of carboxylic acid groups (broad SMARTS) is 4. The number of carboxylic acids is 4. The van der Waals surface area contributed by atoms with Gasteiger partial charge in [-0.2, -0.15) is 0 Å². The van der Waals surface area contributed by atoms with Crippen LogP contribution in [0.4, 0.5) is 0 Å². The van der Waals surface area contributed by atoms with E-state index < -0.39 is 23.9 Å². The molecule has 0 atom stereocenters. The van der Waals surface area contributed by atoms with Crippen LogP contribution in [0.15, 0.2) is 0 Å². The first kappa shape index (κ1) is 75.8. The molecule has 8 nitrogen and oxygen atoms in total. The number of unbranched alkanes of at least 4 members (excludes halogenated alkanes) is 44. The van der Waals surface area contributed by atoms with Crippen molar-refractivity contribution < 1.29 is 39.6 Å².